The Hall–Kier alpha value is -1.28. The quantitative estimate of drug-likeness (QED) is 0.772. The number of nitrogens with zero attached hydrogens (tertiary/aromatic N) is 1. The summed E-state index contributed by atoms with van der Waals surface area (Å²) in [7, 11) is 0. The van der Waals surface area contributed by atoms with Crippen molar-refractivity contribution in [2.45, 2.75) is 34.6 Å². The van der Waals surface area contributed by atoms with Crippen LogP contribution in [0.3, 0.4) is 0 Å². The highest BCUT2D eigenvalue weighted by molar-refractivity contribution is 5.49. The maximum Gasteiger partial charge on any atom is 0.0570 e. The van der Waals surface area contributed by atoms with Crippen molar-refractivity contribution in [2.24, 2.45) is 0 Å². The Labute approximate surface area is 99.9 Å². The molecule has 0 saturated carbocycles. The SMILES string of the molecule is CC.CC.Cc1ccc(N2C=CCN2)cc1. The Kier molecular flexibility index (Phi) is 8.26. The van der Waals surface area contributed by atoms with E-state index in [-0.39, 0.29) is 0 Å². The Morgan fingerprint density at radius 1 is 1.00 bits per heavy atom. The third kappa shape index (κ3) is 4.49. The molecule has 90 valence electrons. The third-order valence-corrected chi connectivity index (χ3v) is 1.95. The van der Waals surface area contributed by atoms with Gasteiger partial charge < -0.3 is 0 Å². The molecule has 2 nitrogen and oxygen atoms in total. The zero-order valence-electron chi connectivity index (χ0n) is 11.1. The molecule has 0 bridgehead atoms. The third-order valence-electron chi connectivity index (χ3n) is 1.95. The summed E-state index contributed by atoms with van der Waals surface area (Å²) in [5, 5.41) is 2.03. The van der Waals surface area contributed by atoms with Crippen molar-refractivity contribution in [1.82, 2.24) is 5.43 Å². The van der Waals surface area contributed by atoms with Crippen LogP contribution in [0.1, 0.15) is 33.3 Å². The van der Waals surface area contributed by atoms with Crippen molar-refractivity contribution in [1.29, 1.82) is 0 Å². The molecule has 0 unspecified atom stereocenters. The lowest BCUT2D eigenvalue weighted by atomic mass is 10.2. The number of benzene rings is 1. The molecule has 2 heteroatoms. The molecule has 1 heterocycles. The fraction of sp³-hybridized carbons (Fsp3) is 0.429. The number of rotatable bonds is 1. The van der Waals surface area contributed by atoms with Crippen molar-refractivity contribution in [3.8, 4) is 0 Å². The first-order chi connectivity index (χ1) is 7.86. The summed E-state index contributed by atoms with van der Waals surface area (Å²) in [6, 6.07) is 8.45. The number of anilines is 1. The van der Waals surface area contributed by atoms with Crippen LogP contribution < -0.4 is 10.4 Å². The smallest absolute Gasteiger partial charge is 0.0570 e. The van der Waals surface area contributed by atoms with Gasteiger partial charge in [-0.2, -0.15) is 0 Å². The molecule has 0 fully saturated rings. The molecule has 0 amide bonds. The highest BCUT2D eigenvalue weighted by Gasteiger charge is 2.04. The van der Waals surface area contributed by atoms with Gasteiger partial charge in [0.15, 0.2) is 0 Å². The van der Waals surface area contributed by atoms with Crippen LogP contribution in [-0.4, -0.2) is 6.54 Å². The molecule has 1 aromatic carbocycles. The molecule has 0 aliphatic carbocycles. The highest BCUT2D eigenvalue weighted by atomic mass is 15.5. The highest BCUT2D eigenvalue weighted by Crippen LogP contribution is 2.14. The number of nitrogens with one attached hydrogen (secondary N) is 1. The minimum absolute atomic E-state index is 0.924. The van der Waals surface area contributed by atoms with E-state index in [0.29, 0.717) is 0 Å². The number of hydrazine groups is 1. The van der Waals surface area contributed by atoms with Gasteiger partial charge in [0.1, 0.15) is 0 Å². The normalized spacial score (nSPS) is 12.4. The summed E-state index contributed by atoms with van der Waals surface area (Å²) in [5.74, 6) is 0. The fourth-order valence-corrected chi connectivity index (χ4v) is 1.24. The summed E-state index contributed by atoms with van der Waals surface area (Å²) >= 11 is 0. The molecule has 16 heavy (non-hydrogen) atoms. The summed E-state index contributed by atoms with van der Waals surface area (Å²) < 4.78 is 0. The van der Waals surface area contributed by atoms with Gasteiger partial charge in [-0.05, 0) is 19.1 Å². The topological polar surface area (TPSA) is 15.3 Å². The monoisotopic (exact) mass is 220 g/mol. The number of hydrogen-bond acceptors (Lipinski definition) is 2. The number of hydrogen-bond donors (Lipinski definition) is 1. The van der Waals surface area contributed by atoms with E-state index in [2.05, 4.69) is 42.7 Å². The molecule has 1 aromatic rings. The molecule has 2 rings (SSSR count). The Morgan fingerprint density at radius 2 is 1.56 bits per heavy atom. The lowest BCUT2D eigenvalue weighted by Crippen LogP contribution is -2.27. The van der Waals surface area contributed by atoms with Gasteiger partial charge >= 0.3 is 0 Å². The minimum atomic E-state index is 0.924. The molecule has 1 aliphatic heterocycles. The van der Waals surface area contributed by atoms with Gasteiger partial charge in [-0.3, -0.25) is 5.01 Å². The van der Waals surface area contributed by atoms with Gasteiger partial charge in [-0.1, -0.05) is 51.5 Å². The van der Waals surface area contributed by atoms with Crippen LogP contribution in [0, 0.1) is 6.92 Å². The van der Waals surface area contributed by atoms with Crippen LogP contribution >= 0.6 is 0 Å². The predicted molar refractivity (Wildman–Crippen MR) is 73.5 cm³/mol. The maximum atomic E-state index is 3.21. The molecule has 1 aliphatic rings. The van der Waals surface area contributed by atoms with Crippen molar-refractivity contribution in [3.05, 3.63) is 42.1 Å². The fourth-order valence-electron chi connectivity index (χ4n) is 1.24. The summed E-state index contributed by atoms with van der Waals surface area (Å²) in [6.45, 7) is 11.0. The molecular formula is C14H24N2. The van der Waals surface area contributed by atoms with Crippen LogP contribution in [0.5, 0.6) is 0 Å². The lowest BCUT2D eigenvalue weighted by molar-refractivity contribution is 0.814. The van der Waals surface area contributed by atoms with Gasteiger partial charge in [-0.15, -0.1) is 0 Å². The first-order valence-electron chi connectivity index (χ1n) is 6.12. The van der Waals surface area contributed by atoms with E-state index >= 15 is 0 Å². The van der Waals surface area contributed by atoms with E-state index in [1.54, 1.807) is 0 Å². The average Bonchev–Trinajstić information content (AvgIpc) is 2.89. The summed E-state index contributed by atoms with van der Waals surface area (Å²) in [5.41, 5.74) is 5.70. The molecule has 0 radical (unpaired) electrons. The van der Waals surface area contributed by atoms with Crippen LogP contribution in [-0.2, 0) is 0 Å². The average molecular weight is 220 g/mol. The van der Waals surface area contributed by atoms with Gasteiger partial charge in [-0.25, -0.2) is 5.43 Å². The first-order valence-corrected chi connectivity index (χ1v) is 6.12. The standard InChI is InChI=1S/C10H12N2.2C2H6/c1-9-3-5-10(6-4-9)12-8-2-7-11-12;2*1-2/h2-6,8,11H,7H2,1H3;2*1-2H3. The summed E-state index contributed by atoms with van der Waals surface area (Å²) in [4.78, 5) is 0. The first kappa shape index (κ1) is 14.7. The van der Waals surface area contributed by atoms with Gasteiger partial charge in [0.25, 0.3) is 0 Å². The van der Waals surface area contributed by atoms with Crippen molar-refractivity contribution in [2.75, 3.05) is 11.6 Å². The molecule has 0 atom stereocenters. The van der Waals surface area contributed by atoms with Crippen LogP contribution in [0.15, 0.2) is 36.5 Å². The molecular weight excluding hydrogens is 196 g/mol. The zero-order chi connectivity index (χ0) is 12.4. The van der Waals surface area contributed by atoms with Gasteiger partial charge in [0, 0.05) is 12.7 Å². The van der Waals surface area contributed by atoms with Crippen LogP contribution in [0.4, 0.5) is 5.69 Å². The second kappa shape index (κ2) is 8.98. The molecule has 1 N–H and O–H groups in total. The van der Waals surface area contributed by atoms with Crippen LogP contribution in [0.25, 0.3) is 0 Å². The van der Waals surface area contributed by atoms with E-state index in [4.69, 9.17) is 0 Å². The van der Waals surface area contributed by atoms with E-state index < -0.39 is 0 Å². The summed E-state index contributed by atoms with van der Waals surface area (Å²) in [6.07, 6.45) is 4.14. The second-order valence-corrected chi connectivity index (χ2v) is 2.95. The van der Waals surface area contributed by atoms with Crippen molar-refractivity contribution < 1.29 is 0 Å². The van der Waals surface area contributed by atoms with Gasteiger partial charge in [0.2, 0.25) is 0 Å². The maximum absolute atomic E-state index is 3.21. The molecule has 0 saturated heterocycles. The van der Waals surface area contributed by atoms with E-state index in [1.807, 2.05) is 38.9 Å². The molecule has 0 aromatic heterocycles. The second-order valence-electron chi connectivity index (χ2n) is 2.95. The van der Waals surface area contributed by atoms with Crippen LogP contribution in [0.2, 0.25) is 0 Å². The zero-order valence-corrected chi connectivity index (χ0v) is 11.1. The minimum Gasteiger partial charge on any atom is -0.284 e. The Balaban J connectivity index is 0.000000509. The largest absolute Gasteiger partial charge is 0.284 e. The van der Waals surface area contributed by atoms with E-state index in [9.17, 15) is 0 Å². The lowest BCUT2D eigenvalue weighted by Gasteiger charge is -2.15. The Morgan fingerprint density at radius 3 is 2.00 bits per heavy atom. The number of aryl methyl sites for hydroxylation is 1. The van der Waals surface area contributed by atoms with Gasteiger partial charge in [0.05, 0.1) is 5.69 Å². The van der Waals surface area contributed by atoms with Crippen molar-refractivity contribution in [3.63, 3.8) is 0 Å². The Bertz CT molecular complexity index is 288. The van der Waals surface area contributed by atoms with E-state index in [1.165, 1.54) is 11.3 Å². The van der Waals surface area contributed by atoms with E-state index in [0.717, 1.165) is 6.54 Å². The predicted octanol–water partition coefficient (Wildman–Crippen LogP) is 3.89. The molecule has 0 spiro atoms. The van der Waals surface area contributed by atoms with Crippen molar-refractivity contribution >= 4 is 5.69 Å².